The molecule has 0 bridgehead atoms. The van der Waals surface area contributed by atoms with E-state index in [0.717, 1.165) is 44.1 Å². The van der Waals surface area contributed by atoms with Crippen molar-refractivity contribution in [1.82, 2.24) is 14.1 Å². The number of rotatable bonds is 5. The molecule has 0 fully saturated rings. The Morgan fingerprint density at radius 1 is 0.682 bits per heavy atom. The van der Waals surface area contributed by atoms with Crippen LogP contribution in [-0.4, -0.2) is 22.5 Å². The molecule has 7 aromatic rings. The topological polar surface area (TPSA) is 60.1 Å². The lowest BCUT2D eigenvalue weighted by Gasteiger charge is -2.31. The molecule has 7 heteroatoms. The molecule has 0 N–H and O–H groups in total. The number of imidazole rings is 1. The second kappa shape index (κ2) is 9.69. The molecule has 212 valence electrons. The summed E-state index contributed by atoms with van der Waals surface area (Å²) in [4.78, 5) is 4.92. The van der Waals surface area contributed by atoms with E-state index in [1.807, 2.05) is 71.3 Å². The number of hydrogen-bond donors (Lipinski definition) is 0. The van der Waals surface area contributed by atoms with Crippen LogP contribution in [-0.2, 0) is 10.0 Å². The number of anilines is 1. The minimum absolute atomic E-state index is 0.175. The van der Waals surface area contributed by atoms with Gasteiger partial charge in [0.1, 0.15) is 4.90 Å². The average Bonchev–Trinajstić information content (AvgIpc) is 3.60. The van der Waals surface area contributed by atoms with Gasteiger partial charge in [0.2, 0.25) is 5.95 Å². The lowest BCUT2D eigenvalue weighted by atomic mass is 10.0. The van der Waals surface area contributed by atoms with Gasteiger partial charge in [0.15, 0.2) is 0 Å². The summed E-state index contributed by atoms with van der Waals surface area (Å²) in [6.07, 6.45) is 4.68. The first kappa shape index (κ1) is 26.0. The first-order chi connectivity index (χ1) is 21.5. The maximum absolute atomic E-state index is 14.5. The normalized spacial score (nSPS) is 14.1. The Bertz CT molecular complexity index is 2450. The average molecular weight is 591 g/mol. The molecule has 6 nitrogen and oxygen atoms in total. The summed E-state index contributed by atoms with van der Waals surface area (Å²) in [5.41, 5.74) is 7.39. The molecular weight excluding hydrogens is 565 g/mol. The number of sulfonamides is 1. The Kier molecular flexibility index (Phi) is 5.73. The van der Waals surface area contributed by atoms with Crippen molar-refractivity contribution in [3.05, 3.63) is 152 Å². The molecule has 2 aromatic heterocycles. The zero-order valence-corrected chi connectivity index (χ0v) is 24.4. The van der Waals surface area contributed by atoms with Crippen molar-refractivity contribution >= 4 is 48.8 Å². The van der Waals surface area contributed by atoms with Crippen molar-refractivity contribution in [3.8, 4) is 22.5 Å². The van der Waals surface area contributed by atoms with Crippen molar-refractivity contribution < 1.29 is 8.42 Å². The third-order valence-electron chi connectivity index (χ3n) is 8.20. The minimum atomic E-state index is -4.09. The van der Waals surface area contributed by atoms with E-state index in [1.54, 1.807) is 18.2 Å². The fourth-order valence-corrected chi connectivity index (χ4v) is 7.92. The van der Waals surface area contributed by atoms with Crippen molar-refractivity contribution in [2.45, 2.75) is 4.90 Å². The summed E-state index contributed by atoms with van der Waals surface area (Å²) < 4.78 is 34.3. The zero-order valence-electron chi connectivity index (χ0n) is 23.6. The summed E-state index contributed by atoms with van der Waals surface area (Å²) in [5, 5.41) is 2.18. The molecule has 0 atom stereocenters. The Labute approximate surface area is 254 Å². The lowest BCUT2D eigenvalue weighted by molar-refractivity contribution is 0.591. The van der Waals surface area contributed by atoms with Gasteiger partial charge in [0.25, 0.3) is 10.0 Å². The van der Waals surface area contributed by atoms with Gasteiger partial charge in [-0.15, -0.1) is 0 Å². The number of para-hydroxylation sites is 3. The first-order valence-corrected chi connectivity index (χ1v) is 15.7. The van der Waals surface area contributed by atoms with E-state index in [-0.39, 0.29) is 10.8 Å². The molecule has 1 aliphatic heterocycles. The van der Waals surface area contributed by atoms with E-state index in [1.165, 1.54) is 10.4 Å². The van der Waals surface area contributed by atoms with Crippen LogP contribution in [0.15, 0.2) is 157 Å². The van der Waals surface area contributed by atoms with Gasteiger partial charge in [0, 0.05) is 16.5 Å². The first-order valence-electron chi connectivity index (χ1n) is 14.2. The molecule has 1 aliphatic rings. The highest BCUT2D eigenvalue weighted by molar-refractivity contribution is 7.93. The van der Waals surface area contributed by atoms with E-state index in [2.05, 4.69) is 60.2 Å². The number of benzene rings is 5. The van der Waals surface area contributed by atoms with Crippen LogP contribution in [0.2, 0.25) is 0 Å². The van der Waals surface area contributed by atoms with E-state index < -0.39 is 10.0 Å². The number of aromatic nitrogens is 3. The van der Waals surface area contributed by atoms with Gasteiger partial charge in [-0.2, -0.15) is 0 Å². The maximum Gasteiger partial charge on any atom is 0.273 e. The van der Waals surface area contributed by atoms with Gasteiger partial charge in [-0.25, -0.2) is 17.7 Å². The molecular formula is C37H26N4O2S. The van der Waals surface area contributed by atoms with Crippen LogP contribution in [0.25, 0.3) is 55.3 Å². The third-order valence-corrected chi connectivity index (χ3v) is 9.94. The standard InChI is InChI=1S/C37H26N4O2S/c1-3-12-27(4-2)41-37-38-31-16-9-11-18-34(31)40(37)35-22-20-28(24-36(35)44(41,42)43)39-32-17-10-8-15-29(32)30-23-26(19-21-33(30)39)25-13-6-5-7-14-25/h3-24H,1-2H2/b27-12+. The minimum Gasteiger partial charge on any atom is -0.309 e. The molecule has 0 radical (unpaired) electrons. The van der Waals surface area contributed by atoms with Crippen molar-refractivity contribution in [2.24, 2.45) is 0 Å². The van der Waals surface area contributed by atoms with Crippen LogP contribution >= 0.6 is 0 Å². The quantitative estimate of drug-likeness (QED) is 0.189. The highest BCUT2D eigenvalue weighted by Crippen LogP contribution is 2.43. The molecule has 44 heavy (non-hydrogen) atoms. The SMILES string of the molecule is C=C/C=C(\C=C)N1c2nc3ccccc3n2-c2ccc(-n3c4ccccc4c4cc(-c5ccccc5)ccc43)cc2S1(=O)=O. The van der Waals surface area contributed by atoms with Gasteiger partial charge in [-0.1, -0.05) is 86.0 Å². The Morgan fingerprint density at radius 3 is 2.20 bits per heavy atom. The smallest absolute Gasteiger partial charge is 0.273 e. The third kappa shape index (κ3) is 3.66. The predicted molar refractivity (Wildman–Crippen MR) is 179 cm³/mol. The molecule has 0 unspecified atom stereocenters. The van der Waals surface area contributed by atoms with Gasteiger partial charge in [-0.05, 0) is 71.8 Å². The van der Waals surface area contributed by atoms with Crippen LogP contribution in [0.4, 0.5) is 5.95 Å². The molecule has 0 aliphatic carbocycles. The van der Waals surface area contributed by atoms with Gasteiger partial charge >= 0.3 is 0 Å². The van der Waals surface area contributed by atoms with Crippen molar-refractivity contribution in [2.75, 3.05) is 4.31 Å². The van der Waals surface area contributed by atoms with Crippen LogP contribution in [0, 0.1) is 0 Å². The van der Waals surface area contributed by atoms with E-state index in [9.17, 15) is 8.42 Å². The Hall–Kier alpha value is -5.66. The summed E-state index contributed by atoms with van der Waals surface area (Å²) >= 11 is 0. The van der Waals surface area contributed by atoms with Crippen LogP contribution in [0.3, 0.4) is 0 Å². The van der Waals surface area contributed by atoms with Crippen LogP contribution < -0.4 is 4.31 Å². The summed E-state index contributed by atoms with van der Waals surface area (Å²) in [6, 6.07) is 38.2. The van der Waals surface area contributed by atoms with E-state index >= 15 is 0 Å². The highest BCUT2D eigenvalue weighted by Gasteiger charge is 2.39. The number of allylic oxidation sites excluding steroid dienone is 3. The van der Waals surface area contributed by atoms with Crippen molar-refractivity contribution in [1.29, 1.82) is 0 Å². The Morgan fingerprint density at radius 2 is 1.41 bits per heavy atom. The summed E-state index contributed by atoms with van der Waals surface area (Å²) in [7, 11) is -4.09. The largest absolute Gasteiger partial charge is 0.309 e. The summed E-state index contributed by atoms with van der Waals surface area (Å²) in [6.45, 7) is 7.68. The monoisotopic (exact) mass is 590 g/mol. The van der Waals surface area contributed by atoms with Gasteiger partial charge in [0.05, 0.1) is 33.5 Å². The second-order valence-electron chi connectivity index (χ2n) is 10.6. The fraction of sp³-hybridized carbons (Fsp3) is 0. The predicted octanol–water partition coefficient (Wildman–Crippen LogP) is 8.55. The lowest BCUT2D eigenvalue weighted by Crippen LogP contribution is -2.36. The van der Waals surface area contributed by atoms with E-state index in [4.69, 9.17) is 4.98 Å². The van der Waals surface area contributed by atoms with Crippen LogP contribution in [0.5, 0.6) is 0 Å². The zero-order chi connectivity index (χ0) is 30.0. The fourth-order valence-electron chi connectivity index (χ4n) is 6.28. The molecule has 8 rings (SSSR count). The molecule has 0 spiro atoms. The molecule has 0 amide bonds. The van der Waals surface area contributed by atoms with Gasteiger partial charge in [-0.3, -0.25) is 4.57 Å². The summed E-state index contributed by atoms with van der Waals surface area (Å²) in [5.74, 6) is 0.282. The Balaban J connectivity index is 1.41. The number of fused-ring (bicyclic) bond motifs is 8. The molecule has 0 saturated carbocycles. The highest BCUT2D eigenvalue weighted by atomic mass is 32.2. The van der Waals surface area contributed by atoms with E-state index in [0.29, 0.717) is 16.9 Å². The van der Waals surface area contributed by atoms with Crippen LogP contribution in [0.1, 0.15) is 0 Å². The number of nitrogens with zero attached hydrogens (tertiary/aromatic N) is 4. The van der Waals surface area contributed by atoms with Gasteiger partial charge < -0.3 is 4.57 Å². The van der Waals surface area contributed by atoms with Crippen molar-refractivity contribution in [3.63, 3.8) is 0 Å². The molecule has 0 saturated heterocycles. The maximum atomic E-state index is 14.5. The molecule has 3 heterocycles. The molecule has 5 aromatic carbocycles. The second-order valence-corrected chi connectivity index (χ2v) is 12.4. The number of hydrogen-bond acceptors (Lipinski definition) is 3.